The van der Waals surface area contributed by atoms with Gasteiger partial charge in [0.25, 0.3) is 0 Å². The number of carbonyl (C=O) groups is 1. The molecule has 0 radical (unpaired) electrons. The van der Waals surface area contributed by atoms with Crippen LogP contribution in [-0.4, -0.2) is 54.3 Å². The Balaban J connectivity index is 1.38. The monoisotopic (exact) mass is 360 g/mol. The lowest BCUT2D eigenvalue weighted by Gasteiger charge is -2.43. The smallest absolute Gasteiger partial charge is 0.223 e. The van der Waals surface area contributed by atoms with Crippen LogP contribution in [0.3, 0.4) is 0 Å². The van der Waals surface area contributed by atoms with Crippen LogP contribution in [0.25, 0.3) is 0 Å². The van der Waals surface area contributed by atoms with Crippen LogP contribution < -0.4 is 15.5 Å². The third-order valence-electron chi connectivity index (χ3n) is 5.20. The first kappa shape index (κ1) is 16.6. The number of hydrogen-bond donors (Lipinski definition) is 2. The highest BCUT2D eigenvalue weighted by Crippen LogP contribution is 2.35. The van der Waals surface area contributed by atoms with E-state index >= 15 is 0 Å². The molecule has 7 nitrogen and oxygen atoms in total. The molecule has 2 unspecified atom stereocenters. The maximum absolute atomic E-state index is 12.0. The number of carbonyl (C=O) groups excluding carboxylic acids is 1. The van der Waals surface area contributed by atoms with Crippen LogP contribution in [0.2, 0.25) is 5.02 Å². The van der Waals surface area contributed by atoms with Gasteiger partial charge in [-0.3, -0.25) is 15.0 Å². The number of hydrogen-bond acceptors (Lipinski definition) is 6. The Morgan fingerprint density at radius 1 is 1.28 bits per heavy atom. The van der Waals surface area contributed by atoms with Gasteiger partial charge in [0.1, 0.15) is 18.2 Å². The largest absolute Gasteiger partial charge is 0.353 e. The van der Waals surface area contributed by atoms with Crippen LogP contribution in [0.15, 0.2) is 12.3 Å². The van der Waals surface area contributed by atoms with Gasteiger partial charge in [0.15, 0.2) is 0 Å². The van der Waals surface area contributed by atoms with Crippen LogP contribution >= 0.6 is 11.6 Å². The molecule has 2 aliphatic heterocycles. The molecule has 1 aromatic heterocycles. The number of rotatable bonds is 3. The fraction of sp³-hybridized carbons (Fsp3) is 0.588. The molecule has 3 fully saturated rings. The normalized spacial score (nSPS) is 27.7. The number of nitrogens with zero attached hydrogens (tertiary/aromatic N) is 4. The number of halogens is 1. The van der Waals surface area contributed by atoms with Gasteiger partial charge >= 0.3 is 0 Å². The van der Waals surface area contributed by atoms with E-state index in [0.29, 0.717) is 29.0 Å². The number of anilines is 1. The molecular weight excluding hydrogens is 340 g/mol. The van der Waals surface area contributed by atoms with Crippen LogP contribution in [0, 0.1) is 17.2 Å². The van der Waals surface area contributed by atoms with Crippen molar-refractivity contribution in [1.82, 2.24) is 20.5 Å². The quantitative estimate of drug-likeness (QED) is 0.833. The second kappa shape index (κ2) is 6.79. The second-order valence-electron chi connectivity index (χ2n) is 6.95. The predicted octanol–water partition coefficient (Wildman–Crippen LogP) is 0.900. The van der Waals surface area contributed by atoms with Gasteiger partial charge in [-0.05, 0) is 24.8 Å². The summed E-state index contributed by atoms with van der Waals surface area (Å²) >= 11 is 6.27. The fourth-order valence-electron chi connectivity index (χ4n) is 3.63. The van der Waals surface area contributed by atoms with Crippen molar-refractivity contribution < 1.29 is 4.79 Å². The van der Waals surface area contributed by atoms with Crippen molar-refractivity contribution in [3.63, 3.8) is 0 Å². The van der Waals surface area contributed by atoms with Gasteiger partial charge in [-0.25, -0.2) is 4.98 Å². The van der Waals surface area contributed by atoms with E-state index in [4.69, 9.17) is 16.9 Å². The predicted molar refractivity (Wildman–Crippen MR) is 93.9 cm³/mol. The zero-order valence-electron chi connectivity index (χ0n) is 13.9. The highest BCUT2D eigenvalue weighted by molar-refractivity contribution is 6.33. The standard InChI is InChI=1S/C17H21ClN6O/c18-13-7-11(9-19)10-20-16(13)23-3-5-24(6-4-23)17-21-14(12-1-2-12)8-15(25)22-17/h7,10,12,14,17,21H,1-6,8H2,(H,22,25). The molecule has 1 saturated carbocycles. The van der Waals surface area contributed by atoms with Crippen molar-refractivity contribution in [2.45, 2.75) is 31.6 Å². The van der Waals surface area contributed by atoms with Gasteiger partial charge in [0, 0.05) is 44.8 Å². The summed E-state index contributed by atoms with van der Waals surface area (Å²) in [6.07, 6.45) is 4.52. The average molecular weight is 361 g/mol. The molecule has 4 rings (SSSR count). The minimum absolute atomic E-state index is 0.0848. The van der Waals surface area contributed by atoms with E-state index in [2.05, 4.69) is 25.4 Å². The van der Waals surface area contributed by atoms with Crippen molar-refractivity contribution in [1.29, 1.82) is 5.26 Å². The molecule has 25 heavy (non-hydrogen) atoms. The maximum Gasteiger partial charge on any atom is 0.223 e. The Kier molecular flexibility index (Phi) is 4.50. The third kappa shape index (κ3) is 3.56. The van der Waals surface area contributed by atoms with Crippen LogP contribution in [0.4, 0.5) is 5.82 Å². The fourth-order valence-corrected chi connectivity index (χ4v) is 3.91. The minimum Gasteiger partial charge on any atom is -0.353 e. The van der Waals surface area contributed by atoms with Crippen LogP contribution in [-0.2, 0) is 4.79 Å². The third-order valence-corrected chi connectivity index (χ3v) is 5.47. The topological polar surface area (TPSA) is 84.3 Å². The molecule has 1 aromatic rings. The molecule has 3 aliphatic rings. The Bertz CT molecular complexity index is 708. The SMILES string of the molecule is N#Cc1cnc(N2CCN(C3NC(=O)CC(C4CC4)N3)CC2)c(Cl)c1. The summed E-state index contributed by atoms with van der Waals surface area (Å²) in [5.41, 5.74) is 0.465. The molecular formula is C17H21ClN6O. The Hall–Kier alpha value is -1.88. The molecule has 2 N–H and O–H groups in total. The van der Waals surface area contributed by atoms with Crippen molar-refractivity contribution >= 4 is 23.3 Å². The number of amides is 1. The second-order valence-corrected chi connectivity index (χ2v) is 7.36. The van der Waals surface area contributed by atoms with Gasteiger partial charge in [0.05, 0.1) is 10.6 Å². The molecule has 1 aliphatic carbocycles. The lowest BCUT2D eigenvalue weighted by Crippen LogP contribution is -2.67. The summed E-state index contributed by atoms with van der Waals surface area (Å²) in [5.74, 6) is 1.52. The summed E-state index contributed by atoms with van der Waals surface area (Å²) < 4.78 is 0. The van der Waals surface area contributed by atoms with E-state index < -0.39 is 0 Å². The molecule has 0 bridgehead atoms. The number of pyridine rings is 1. The Morgan fingerprint density at radius 3 is 2.68 bits per heavy atom. The number of aromatic nitrogens is 1. The zero-order chi connectivity index (χ0) is 17.4. The highest BCUT2D eigenvalue weighted by atomic mass is 35.5. The lowest BCUT2D eigenvalue weighted by atomic mass is 10.1. The van der Waals surface area contributed by atoms with E-state index in [1.807, 2.05) is 6.07 Å². The first-order valence-corrected chi connectivity index (χ1v) is 9.12. The average Bonchev–Trinajstić information content (AvgIpc) is 3.46. The maximum atomic E-state index is 12.0. The minimum atomic E-state index is -0.0848. The summed E-state index contributed by atoms with van der Waals surface area (Å²) in [7, 11) is 0. The number of nitrogens with one attached hydrogen (secondary N) is 2. The Morgan fingerprint density at radius 2 is 2.04 bits per heavy atom. The van der Waals surface area contributed by atoms with Gasteiger partial charge in [-0.15, -0.1) is 0 Å². The first-order chi connectivity index (χ1) is 12.1. The Labute approximate surface area is 151 Å². The summed E-state index contributed by atoms with van der Waals surface area (Å²) in [5, 5.41) is 16.1. The molecule has 3 heterocycles. The lowest BCUT2D eigenvalue weighted by molar-refractivity contribution is -0.127. The molecule has 0 spiro atoms. The molecule has 0 aromatic carbocycles. The van der Waals surface area contributed by atoms with E-state index in [1.54, 1.807) is 12.3 Å². The zero-order valence-corrected chi connectivity index (χ0v) is 14.7. The highest BCUT2D eigenvalue weighted by Gasteiger charge is 2.39. The summed E-state index contributed by atoms with van der Waals surface area (Å²) in [4.78, 5) is 20.7. The van der Waals surface area contributed by atoms with E-state index in [1.165, 1.54) is 12.8 Å². The van der Waals surface area contributed by atoms with Crippen molar-refractivity contribution in [3.05, 3.63) is 22.8 Å². The van der Waals surface area contributed by atoms with Gasteiger partial charge in [-0.2, -0.15) is 5.26 Å². The first-order valence-electron chi connectivity index (χ1n) is 8.74. The van der Waals surface area contributed by atoms with Crippen molar-refractivity contribution in [2.75, 3.05) is 31.1 Å². The number of nitriles is 1. The van der Waals surface area contributed by atoms with Crippen molar-refractivity contribution in [3.8, 4) is 6.07 Å². The van der Waals surface area contributed by atoms with Gasteiger partial charge in [-0.1, -0.05) is 11.6 Å². The molecule has 8 heteroatoms. The van der Waals surface area contributed by atoms with Crippen molar-refractivity contribution in [2.24, 2.45) is 5.92 Å². The molecule has 2 atom stereocenters. The van der Waals surface area contributed by atoms with Crippen LogP contribution in [0.5, 0.6) is 0 Å². The summed E-state index contributed by atoms with van der Waals surface area (Å²) in [6.45, 7) is 3.18. The molecule has 1 amide bonds. The van der Waals surface area contributed by atoms with Crippen LogP contribution in [0.1, 0.15) is 24.8 Å². The van der Waals surface area contributed by atoms with E-state index in [9.17, 15) is 4.79 Å². The van der Waals surface area contributed by atoms with Gasteiger partial charge < -0.3 is 10.2 Å². The number of piperazine rings is 1. The van der Waals surface area contributed by atoms with E-state index in [-0.39, 0.29) is 12.2 Å². The summed E-state index contributed by atoms with van der Waals surface area (Å²) in [6, 6.07) is 4.01. The molecule has 132 valence electrons. The van der Waals surface area contributed by atoms with Gasteiger partial charge in [0.2, 0.25) is 5.91 Å². The van der Waals surface area contributed by atoms with E-state index in [0.717, 1.165) is 32.0 Å². The molecule has 2 saturated heterocycles.